The van der Waals surface area contributed by atoms with Crippen LogP contribution in [-0.4, -0.2) is 28.4 Å². The Morgan fingerprint density at radius 3 is 2.43 bits per heavy atom. The van der Waals surface area contributed by atoms with Crippen LogP contribution in [0.2, 0.25) is 0 Å². The van der Waals surface area contributed by atoms with Crippen molar-refractivity contribution in [3.63, 3.8) is 0 Å². The first-order valence-electron chi connectivity index (χ1n) is 8.84. The molecule has 0 saturated carbocycles. The standard InChI is InChI=1S/C21H21FN4O2/c1-14-24-9-10-26(14)19-8-5-16(11-18(19)22)13-25-21(28)17-6-3-15(4-7-17)12-20(27)23-2/h3-11H,12-13H2,1-2H3,(H,23,27)(H,25,28). The molecule has 0 atom stereocenters. The zero-order valence-corrected chi connectivity index (χ0v) is 15.7. The average molecular weight is 380 g/mol. The molecule has 2 amide bonds. The zero-order valence-electron chi connectivity index (χ0n) is 15.7. The summed E-state index contributed by atoms with van der Waals surface area (Å²) >= 11 is 0. The van der Waals surface area contributed by atoms with Crippen molar-refractivity contribution in [3.8, 4) is 5.69 Å². The van der Waals surface area contributed by atoms with Crippen LogP contribution < -0.4 is 10.6 Å². The summed E-state index contributed by atoms with van der Waals surface area (Å²) < 4.78 is 16.1. The van der Waals surface area contributed by atoms with Gasteiger partial charge >= 0.3 is 0 Å². The normalized spacial score (nSPS) is 10.5. The molecule has 2 N–H and O–H groups in total. The lowest BCUT2D eigenvalue weighted by Gasteiger charge is -2.10. The topological polar surface area (TPSA) is 76.0 Å². The Balaban J connectivity index is 1.62. The molecular formula is C21H21FN4O2. The summed E-state index contributed by atoms with van der Waals surface area (Å²) in [4.78, 5) is 27.8. The molecule has 1 heterocycles. The SMILES string of the molecule is CNC(=O)Cc1ccc(C(=O)NCc2ccc(-n3ccnc3C)c(F)c2)cc1. The number of imidazole rings is 1. The van der Waals surface area contributed by atoms with Crippen molar-refractivity contribution in [3.05, 3.63) is 83.2 Å². The fraction of sp³-hybridized carbons (Fsp3) is 0.190. The van der Waals surface area contributed by atoms with Crippen molar-refractivity contribution in [2.24, 2.45) is 0 Å². The first-order chi connectivity index (χ1) is 13.5. The predicted molar refractivity (Wildman–Crippen MR) is 104 cm³/mol. The van der Waals surface area contributed by atoms with Gasteiger partial charge in [-0.25, -0.2) is 9.37 Å². The van der Waals surface area contributed by atoms with Crippen molar-refractivity contribution < 1.29 is 14.0 Å². The van der Waals surface area contributed by atoms with E-state index in [1.165, 1.54) is 6.07 Å². The first kappa shape index (κ1) is 19.3. The minimum absolute atomic E-state index is 0.0893. The van der Waals surface area contributed by atoms with Gasteiger partial charge in [-0.05, 0) is 42.3 Å². The van der Waals surface area contributed by atoms with E-state index in [0.717, 1.165) is 5.56 Å². The van der Waals surface area contributed by atoms with Gasteiger partial charge in [0.25, 0.3) is 5.91 Å². The van der Waals surface area contributed by atoms with Crippen LogP contribution in [0.4, 0.5) is 4.39 Å². The number of aromatic nitrogens is 2. The van der Waals surface area contributed by atoms with Crippen molar-refractivity contribution in [2.45, 2.75) is 19.9 Å². The molecule has 0 radical (unpaired) electrons. The van der Waals surface area contributed by atoms with Crippen LogP contribution in [0.25, 0.3) is 5.69 Å². The molecular weight excluding hydrogens is 359 g/mol. The number of nitrogens with one attached hydrogen (secondary N) is 2. The molecule has 0 aliphatic rings. The fourth-order valence-corrected chi connectivity index (χ4v) is 2.82. The molecule has 0 fully saturated rings. The van der Waals surface area contributed by atoms with Crippen molar-refractivity contribution in [1.82, 2.24) is 20.2 Å². The molecule has 0 unspecified atom stereocenters. The van der Waals surface area contributed by atoms with Crippen molar-refractivity contribution in [1.29, 1.82) is 0 Å². The molecule has 0 saturated heterocycles. The van der Waals surface area contributed by atoms with Crippen LogP contribution in [0, 0.1) is 12.7 Å². The third-order valence-electron chi connectivity index (χ3n) is 4.41. The molecule has 0 aliphatic carbocycles. The largest absolute Gasteiger partial charge is 0.359 e. The summed E-state index contributed by atoms with van der Waals surface area (Å²) in [5.41, 5.74) is 2.37. The Kier molecular flexibility index (Phi) is 5.84. The summed E-state index contributed by atoms with van der Waals surface area (Å²) in [6.45, 7) is 2.01. The van der Waals surface area contributed by atoms with E-state index in [9.17, 15) is 14.0 Å². The Labute approximate surface area is 162 Å². The summed E-state index contributed by atoms with van der Waals surface area (Å²) in [6.07, 6.45) is 3.58. The van der Waals surface area contributed by atoms with Gasteiger partial charge in [0.15, 0.2) is 0 Å². The van der Waals surface area contributed by atoms with Crippen LogP contribution in [0.5, 0.6) is 0 Å². The maximum atomic E-state index is 14.4. The van der Waals surface area contributed by atoms with Crippen LogP contribution >= 0.6 is 0 Å². The van der Waals surface area contributed by atoms with Gasteiger partial charge in [-0.15, -0.1) is 0 Å². The summed E-state index contributed by atoms with van der Waals surface area (Å²) in [5, 5.41) is 5.33. The Morgan fingerprint density at radius 2 is 1.82 bits per heavy atom. The number of likely N-dealkylation sites (N-methyl/N-ethyl adjacent to an activating group) is 1. The molecule has 0 bridgehead atoms. The van der Waals surface area contributed by atoms with E-state index in [1.54, 1.807) is 67.3 Å². The number of carbonyl (C=O) groups is 2. The van der Waals surface area contributed by atoms with E-state index >= 15 is 0 Å². The molecule has 3 rings (SSSR count). The minimum atomic E-state index is -0.383. The quantitative estimate of drug-likeness (QED) is 0.690. The van der Waals surface area contributed by atoms with E-state index in [1.807, 2.05) is 0 Å². The Hall–Kier alpha value is -3.48. The minimum Gasteiger partial charge on any atom is -0.359 e. The third-order valence-corrected chi connectivity index (χ3v) is 4.41. The van der Waals surface area contributed by atoms with Crippen LogP contribution in [-0.2, 0) is 17.8 Å². The molecule has 144 valence electrons. The van der Waals surface area contributed by atoms with Gasteiger partial charge in [0, 0.05) is 31.5 Å². The van der Waals surface area contributed by atoms with Crippen LogP contribution in [0.15, 0.2) is 54.9 Å². The second kappa shape index (κ2) is 8.47. The van der Waals surface area contributed by atoms with Crippen molar-refractivity contribution in [2.75, 3.05) is 7.05 Å². The molecule has 7 heteroatoms. The number of nitrogens with zero attached hydrogens (tertiary/aromatic N) is 2. The molecule has 1 aromatic heterocycles. The highest BCUT2D eigenvalue weighted by atomic mass is 19.1. The number of carbonyl (C=O) groups excluding carboxylic acids is 2. The lowest BCUT2D eigenvalue weighted by Crippen LogP contribution is -2.23. The maximum absolute atomic E-state index is 14.4. The van der Waals surface area contributed by atoms with Gasteiger partial charge in [-0.1, -0.05) is 18.2 Å². The van der Waals surface area contributed by atoms with Gasteiger partial charge in [0.2, 0.25) is 5.91 Å². The second-order valence-corrected chi connectivity index (χ2v) is 6.36. The van der Waals surface area contributed by atoms with Gasteiger partial charge in [-0.2, -0.15) is 0 Å². The molecule has 28 heavy (non-hydrogen) atoms. The predicted octanol–water partition coefficient (Wildman–Crippen LogP) is 2.54. The molecule has 0 spiro atoms. The highest BCUT2D eigenvalue weighted by Gasteiger charge is 2.10. The van der Waals surface area contributed by atoms with E-state index in [-0.39, 0.29) is 30.6 Å². The Bertz CT molecular complexity index is 996. The smallest absolute Gasteiger partial charge is 0.251 e. The lowest BCUT2D eigenvalue weighted by atomic mass is 10.1. The lowest BCUT2D eigenvalue weighted by molar-refractivity contribution is -0.119. The first-order valence-corrected chi connectivity index (χ1v) is 8.84. The second-order valence-electron chi connectivity index (χ2n) is 6.36. The number of benzene rings is 2. The van der Waals surface area contributed by atoms with Crippen molar-refractivity contribution >= 4 is 11.8 Å². The summed E-state index contributed by atoms with van der Waals surface area (Å²) in [7, 11) is 1.58. The molecule has 3 aromatic rings. The van der Waals surface area contributed by atoms with E-state index in [2.05, 4.69) is 15.6 Å². The van der Waals surface area contributed by atoms with Gasteiger partial charge < -0.3 is 15.2 Å². The number of amides is 2. The third kappa shape index (κ3) is 4.43. The van der Waals surface area contributed by atoms with Gasteiger partial charge in [-0.3, -0.25) is 9.59 Å². The van der Waals surface area contributed by atoms with Gasteiger partial charge in [0.1, 0.15) is 11.6 Å². The van der Waals surface area contributed by atoms with E-state index < -0.39 is 0 Å². The molecule has 0 aliphatic heterocycles. The zero-order chi connectivity index (χ0) is 20.1. The van der Waals surface area contributed by atoms with E-state index in [0.29, 0.717) is 22.6 Å². The highest BCUT2D eigenvalue weighted by molar-refractivity contribution is 5.94. The number of halogens is 1. The van der Waals surface area contributed by atoms with Gasteiger partial charge in [0.05, 0.1) is 12.1 Å². The molecule has 6 nitrogen and oxygen atoms in total. The maximum Gasteiger partial charge on any atom is 0.251 e. The number of aryl methyl sites for hydroxylation is 1. The Morgan fingerprint density at radius 1 is 1.11 bits per heavy atom. The summed E-state index contributed by atoms with van der Waals surface area (Å²) in [5.74, 6) is -0.0405. The monoisotopic (exact) mass is 380 g/mol. The fourth-order valence-electron chi connectivity index (χ4n) is 2.82. The molecule has 2 aromatic carbocycles. The average Bonchev–Trinajstić information content (AvgIpc) is 3.12. The summed E-state index contributed by atoms with van der Waals surface area (Å²) in [6, 6.07) is 11.7. The highest BCUT2D eigenvalue weighted by Crippen LogP contribution is 2.17. The number of hydrogen-bond donors (Lipinski definition) is 2. The van der Waals surface area contributed by atoms with Crippen LogP contribution in [0.1, 0.15) is 27.3 Å². The number of rotatable bonds is 6. The number of hydrogen-bond acceptors (Lipinski definition) is 3. The van der Waals surface area contributed by atoms with E-state index in [4.69, 9.17) is 0 Å². The van der Waals surface area contributed by atoms with Crippen LogP contribution in [0.3, 0.4) is 0 Å².